The van der Waals surface area contributed by atoms with Gasteiger partial charge in [-0.3, -0.25) is 14.2 Å². The molecule has 4 rings (SSSR count). The molecule has 0 unspecified atom stereocenters. The zero-order chi connectivity index (χ0) is 30.3. The van der Waals surface area contributed by atoms with Crippen LogP contribution in [0.15, 0.2) is 83.9 Å². The summed E-state index contributed by atoms with van der Waals surface area (Å²) in [4.78, 5) is 28.8. The number of amides is 2. The van der Waals surface area contributed by atoms with Crippen molar-refractivity contribution in [3.8, 4) is 17.1 Å². The van der Waals surface area contributed by atoms with Gasteiger partial charge in [0.1, 0.15) is 11.5 Å². The van der Waals surface area contributed by atoms with E-state index in [0.29, 0.717) is 17.7 Å². The average molecular weight is 611 g/mol. The van der Waals surface area contributed by atoms with Gasteiger partial charge in [-0.2, -0.15) is 12.6 Å². The van der Waals surface area contributed by atoms with Gasteiger partial charge in [0, 0.05) is 29.8 Å². The van der Waals surface area contributed by atoms with Crippen LogP contribution in [0.25, 0.3) is 11.1 Å². The van der Waals surface area contributed by atoms with E-state index in [1.165, 1.54) is 41.1 Å². The van der Waals surface area contributed by atoms with E-state index in [2.05, 4.69) is 22.9 Å². The van der Waals surface area contributed by atoms with Crippen molar-refractivity contribution in [2.45, 2.75) is 37.8 Å². The lowest BCUT2D eigenvalue weighted by atomic mass is 10.0. The van der Waals surface area contributed by atoms with Crippen LogP contribution in [0.4, 0.5) is 4.39 Å². The second kappa shape index (κ2) is 13.7. The molecule has 0 bridgehead atoms. The Bertz CT molecular complexity index is 1680. The Morgan fingerprint density at radius 1 is 1.07 bits per heavy atom. The average Bonchev–Trinajstić information content (AvgIpc) is 3.36. The molecule has 12 heteroatoms. The number of nitrogens with one attached hydrogen (secondary N) is 2. The number of hydrogen-bond acceptors (Lipinski definition) is 7. The van der Waals surface area contributed by atoms with Gasteiger partial charge in [-0.1, -0.05) is 60.7 Å². The zero-order valence-electron chi connectivity index (χ0n) is 23.1. The number of halogens is 1. The van der Waals surface area contributed by atoms with Crippen LogP contribution in [-0.4, -0.2) is 48.2 Å². The van der Waals surface area contributed by atoms with Crippen LogP contribution in [0.1, 0.15) is 35.5 Å². The van der Waals surface area contributed by atoms with E-state index in [4.69, 9.17) is 4.74 Å². The summed E-state index contributed by atoms with van der Waals surface area (Å²) in [5.74, 6) is -1.36. The van der Waals surface area contributed by atoms with Crippen LogP contribution in [0.2, 0.25) is 0 Å². The van der Waals surface area contributed by atoms with Gasteiger partial charge in [-0.15, -0.1) is 0 Å². The smallest absolute Gasteiger partial charge is 0.297 e. The number of sulfonamides is 1. The molecule has 0 fully saturated rings. The molecule has 0 spiro atoms. The zero-order valence-corrected chi connectivity index (χ0v) is 24.8. The van der Waals surface area contributed by atoms with Crippen molar-refractivity contribution in [1.29, 1.82) is 0 Å². The minimum atomic E-state index is -4.16. The Morgan fingerprint density at radius 3 is 2.45 bits per heavy atom. The molecule has 1 aromatic heterocycles. The lowest BCUT2D eigenvalue weighted by Crippen LogP contribution is -2.38. The summed E-state index contributed by atoms with van der Waals surface area (Å²) >= 11 is 4.40. The van der Waals surface area contributed by atoms with E-state index >= 15 is 4.39 Å². The molecule has 0 saturated heterocycles. The highest BCUT2D eigenvalue weighted by atomic mass is 32.2. The van der Waals surface area contributed by atoms with E-state index in [1.54, 1.807) is 19.1 Å². The van der Waals surface area contributed by atoms with Crippen molar-refractivity contribution in [3.05, 3.63) is 102 Å². The summed E-state index contributed by atoms with van der Waals surface area (Å²) in [5.41, 5.74) is 1.99. The Kier molecular flexibility index (Phi) is 10.0. The third-order valence-corrected chi connectivity index (χ3v) is 8.28. The van der Waals surface area contributed by atoms with Gasteiger partial charge < -0.3 is 10.1 Å². The fourth-order valence-corrected chi connectivity index (χ4v) is 5.90. The molecule has 4 aromatic rings. The standard InChI is InChI=1S/C30H31FN4O5S2/c1-3-40-30-32-17-27(29(37)33-24(19-41)15-21-9-5-4-6-10-21)35(30)18-23-14-13-22(16-26(23)31)25-11-7-8-12-28(25)42(38,39)34-20(2)36/h4-14,16-17,24,41H,3,15,18-19H2,1-2H3,(H,33,37)(H,34,36)/t24-/m1/s1. The molecular weight excluding hydrogens is 579 g/mol. The Morgan fingerprint density at radius 2 is 1.79 bits per heavy atom. The summed E-state index contributed by atoms with van der Waals surface area (Å²) in [6.45, 7) is 3.08. The Hall–Kier alpha value is -4.16. The molecule has 0 aliphatic carbocycles. The molecule has 0 aliphatic heterocycles. The van der Waals surface area contributed by atoms with Crippen LogP contribution in [0, 0.1) is 5.82 Å². The van der Waals surface area contributed by atoms with E-state index in [0.717, 1.165) is 12.5 Å². The highest BCUT2D eigenvalue weighted by Gasteiger charge is 2.23. The Balaban J connectivity index is 1.61. The second-order valence-electron chi connectivity index (χ2n) is 9.45. The fourth-order valence-electron chi connectivity index (χ4n) is 4.45. The third-order valence-electron chi connectivity index (χ3n) is 6.35. The molecule has 2 amide bonds. The summed E-state index contributed by atoms with van der Waals surface area (Å²) in [6.07, 6.45) is 1.96. The summed E-state index contributed by atoms with van der Waals surface area (Å²) < 4.78 is 50.0. The first-order chi connectivity index (χ1) is 20.1. The van der Waals surface area contributed by atoms with E-state index < -0.39 is 27.7 Å². The molecule has 1 heterocycles. The summed E-state index contributed by atoms with van der Waals surface area (Å²) in [6, 6.07) is 19.9. The quantitative estimate of drug-likeness (QED) is 0.207. The molecule has 220 valence electrons. The van der Waals surface area contributed by atoms with Crippen molar-refractivity contribution in [3.63, 3.8) is 0 Å². The topological polar surface area (TPSA) is 119 Å². The van der Waals surface area contributed by atoms with Crippen molar-refractivity contribution >= 4 is 34.5 Å². The summed E-state index contributed by atoms with van der Waals surface area (Å²) in [7, 11) is -4.16. The van der Waals surface area contributed by atoms with Gasteiger partial charge in [0.05, 0.1) is 24.2 Å². The molecular formula is C30H31FN4O5S2. The number of thiol groups is 1. The minimum absolute atomic E-state index is 0.0692. The maximum atomic E-state index is 15.5. The van der Waals surface area contributed by atoms with Gasteiger partial charge >= 0.3 is 0 Å². The first-order valence-electron chi connectivity index (χ1n) is 13.2. The first kappa shape index (κ1) is 30.8. The monoisotopic (exact) mass is 610 g/mol. The van der Waals surface area contributed by atoms with Crippen LogP contribution in [0.3, 0.4) is 0 Å². The predicted octanol–water partition coefficient (Wildman–Crippen LogP) is 4.23. The number of imidazole rings is 1. The van der Waals surface area contributed by atoms with Gasteiger partial charge in [-0.25, -0.2) is 22.5 Å². The van der Waals surface area contributed by atoms with Gasteiger partial charge in [0.25, 0.3) is 21.9 Å². The van der Waals surface area contributed by atoms with Crippen molar-refractivity contribution < 1.29 is 27.1 Å². The number of nitrogens with zero attached hydrogens (tertiary/aromatic N) is 2. The van der Waals surface area contributed by atoms with E-state index in [-0.39, 0.29) is 46.9 Å². The number of benzene rings is 3. The van der Waals surface area contributed by atoms with E-state index in [1.807, 2.05) is 35.1 Å². The molecule has 0 saturated carbocycles. The number of carbonyl (C=O) groups is 2. The molecule has 1 atom stereocenters. The van der Waals surface area contributed by atoms with Gasteiger partial charge in [0.2, 0.25) is 5.91 Å². The van der Waals surface area contributed by atoms with Crippen LogP contribution in [-0.2, 0) is 27.8 Å². The largest absolute Gasteiger partial charge is 0.465 e. The van der Waals surface area contributed by atoms with Crippen LogP contribution in [0.5, 0.6) is 6.01 Å². The molecule has 3 aromatic carbocycles. The molecule has 0 aliphatic rings. The number of aromatic nitrogens is 2. The molecule has 42 heavy (non-hydrogen) atoms. The van der Waals surface area contributed by atoms with E-state index in [9.17, 15) is 18.0 Å². The first-order valence-corrected chi connectivity index (χ1v) is 15.3. The highest BCUT2D eigenvalue weighted by molar-refractivity contribution is 7.90. The number of rotatable bonds is 12. The molecule has 2 N–H and O–H groups in total. The lowest BCUT2D eigenvalue weighted by molar-refractivity contribution is -0.117. The molecule has 9 nitrogen and oxygen atoms in total. The van der Waals surface area contributed by atoms with Crippen molar-refractivity contribution in [2.75, 3.05) is 12.4 Å². The summed E-state index contributed by atoms with van der Waals surface area (Å²) in [5, 5.41) is 2.98. The fraction of sp³-hybridized carbons (Fsp3) is 0.233. The minimum Gasteiger partial charge on any atom is -0.465 e. The Labute approximate surface area is 249 Å². The second-order valence-corrected chi connectivity index (χ2v) is 11.5. The van der Waals surface area contributed by atoms with Crippen LogP contribution >= 0.6 is 12.6 Å². The maximum absolute atomic E-state index is 15.5. The predicted molar refractivity (Wildman–Crippen MR) is 161 cm³/mol. The number of ether oxygens (including phenoxy) is 1. The highest BCUT2D eigenvalue weighted by Crippen LogP contribution is 2.29. The third kappa shape index (κ3) is 7.37. The number of hydrogen-bond donors (Lipinski definition) is 3. The van der Waals surface area contributed by atoms with Gasteiger partial charge in [-0.05, 0) is 36.6 Å². The lowest BCUT2D eigenvalue weighted by Gasteiger charge is -2.18. The number of carbonyl (C=O) groups excluding carboxylic acids is 2. The van der Waals surface area contributed by atoms with Crippen LogP contribution < -0.4 is 14.8 Å². The maximum Gasteiger partial charge on any atom is 0.297 e. The van der Waals surface area contributed by atoms with Gasteiger partial charge in [0.15, 0.2) is 0 Å². The SMILES string of the molecule is CCOc1ncc(C(=O)N[C@@H](CS)Cc2ccccc2)n1Cc1ccc(-c2ccccc2S(=O)(=O)NC(C)=O)cc1F. The van der Waals surface area contributed by atoms with Crippen molar-refractivity contribution in [2.24, 2.45) is 0 Å². The normalized spacial score (nSPS) is 12.0. The molecule has 0 radical (unpaired) electrons. The van der Waals surface area contributed by atoms with Crippen molar-refractivity contribution in [1.82, 2.24) is 19.6 Å².